The Balaban J connectivity index is 2.79. The van der Waals surface area contributed by atoms with Crippen molar-refractivity contribution in [2.24, 2.45) is 0 Å². The van der Waals surface area contributed by atoms with Crippen LogP contribution in [-0.2, 0) is 14.6 Å². The number of sulfone groups is 1. The van der Waals surface area contributed by atoms with Crippen LogP contribution in [0, 0.1) is 0 Å². The van der Waals surface area contributed by atoms with Gasteiger partial charge < -0.3 is 4.90 Å². The molecule has 4 heteroatoms. The molecule has 1 unspecified atom stereocenters. The minimum Gasteiger partial charge on any atom is -0.307 e. The molecule has 0 aliphatic carbocycles. The summed E-state index contributed by atoms with van der Waals surface area (Å²) in [4.78, 5) is 2.08. The molecule has 0 saturated carbocycles. The standard InChI is InChI=1S/C20H27NO2S/c1-5-24(22,23)20(16-17(2)21(3)4,18-12-8-6-9-13-18)19-14-10-7-11-15-19/h6-15,17H,5,16H2,1-4H3. The van der Waals surface area contributed by atoms with Crippen LogP contribution in [0.15, 0.2) is 60.7 Å². The summed E-state index contributed by atoms with van der Waals surface area (Å²) >= 11 is 0. The number of rotatable bonds is 7. The molecule has 0 aliphatic rings. The lowest BCUT2D eigenvalue weighted by atomic mass is 9.85. The molecular formula is C20H27NO2S. The second-order valence-electron chi connectivity index (χ2n) is 6.48. The summed E-state index contributed by atoms with van der Waals surface area (Å²) in [6.07, 6.45) is 0.518. The van der Waals surface area contributed by atoms with E-state index in [1.807, 2.05) is 74.8 Å². The summed E-state index contributed by atoms with van der Waals surface area (Å²) in [6.45, 7) is 3.81. The molecule has 0 aromatic heterocycles. The monoisotopic (exact) mass is 345 g/mol. The molecule has 0 radical (unpaired) electrons. The molecule has 0 fully saturated rings. The zero-order chi connectivity index (χ0) is 17.8. The second-order valence-corrected chi connectivity index (χ2v) is 8.98. The van der Waals surface area contributed by atoms with E-state index in [0.717, 1.165) is 11.1 Å². The van der Waals surface area contributed by atoms with Crippen molar-refractivity contribution in [2.75, 3.05) is 19.8 Å². The Hall–Kier alpha value is -1.65. The van der Waals surface area contributed by atoms with Crippen molar-refractivity contribution in [3.8, 4) is 0 Å². The van der Waals surface area contributed by atoms with Crippen LogP contribution in [0.1, 0.15) is 31.4 Å². The molecule has 130 valence electrons. The van der Waals surface area contributed by atoms with Crippen molar-refractivity contribution >= 4 is 9.84 Å². The molecule has 0 saturated heterocycles. The van der Waals surface area contributed by atoms with Gasteiger partial charge in [0, 0.05) is 11.8 Å². The van der Waals surface area contributed by atoms with E-state index in [9.17, 15) is 8.42 Å². The predicted octanol–water partition coefficient (Wildman–Crippen LogP) is 3.71. The first kappa shape index (κ1) is 18.7. The van der Waals surface area contributed by atoms with Gasteiger partial charge in [0.15, 0.2) is 9.84 Å². The van der Waals surface area contributed by atoms with Crippen molar-refractivity contribution in [3.05, 3.63) is 71.8 Å². The Morgan fingerprint density at radius 3 is 1.67 bits per heavy atom. The first-order chi connectivity index (χ1) is 11.3. The van der Waals surface area contributed by atoms with Gasteiger partial charge in [0.25, 0.3) is 0 Å². The highest BCUT2D eigenvalue weighted by Crippen LogP contribution is 2.42. The van der Waals surface area contributed by atoms with Gasteiger partial charge in [0.2, 0.25) is 0 Å². The van der Waals surface area contributed by atoms with E-state index in [1.165, 1.54) is 0 Å². The Morgan fingerprint density at radius 2 is 1.33 bits per heavy atom. The average molecular weight is 346 g/mol. The maximum atomic E-state index is 13.4. The van der Waals surface area contributed by atoms with Crippen LogP contribution in [0.25, 0.3) is 0 Å². The van der Waals surface area contributed by atoms with Crippen LogP contribution in [0.2, 0.25) is 0 Å². The van der Waals surface area contributed by atoms with E-state index < -0.39 is 14.6 Å². The molecule has 0 bridgehead atoms. The molecular weight excluding hydrogens is 318 g/mol. The van der Waals surface area contributed by atoms with Crippen molar-refractivity contribution in [2.45, 2.75) is 31.1 Å². The molecule has 2 rings (SSSR count). The van der Waals surface area contributed by atoms with Crippen molar-refractivity contribution in [3.63, 3.8) is 0 Å². The van der Waals surface area contributed by atoms with Crippen LogP contribution >= 0.6 is 0 Å². The van der Waals surface area contributed by atoms with Crippen molar-refractivity contribution in [1.29, 1.82) is 0 Å². The SMILES string of the molecule is CCS(=O)(=O)C(CC(C)N(C)C)(c1ccccc1)c1ccccc1. The minimum absolute atomic E-state index is 0.108. The Labute approximate surface area is 146 Å². The Bertz CT molecular complexity index is 700. The highest BCUT2D eigenvalue weighted by Gasteiger charge is 2.46. The zero-order valence-corrected chi connectivity index (χ0v) is 15.8. The van der Waals surface area contributed by atoms with E-state index in [-0.39, 0.29) is 11.8 Å². The second kappa shape index (κ2) is 7.49. The lowest BCUT2D eigenvalue weighted by Crippen LogP contribution is -2.43. The van der Waals surface area contributed by atoms with Gasteiger partial charge in [-0.25, -0.2) is 8.42 Å². The number of hydrogen-bond acceptors (Lipinski definition) is 3. The fourth-order valence-corrected chi connectivity index (χ4v) is 5.13. The molecule has 24 heavy (non-hydrogen) atoms. The average Bonchev–Trinajstić information content (AvgIpc) is 2.60. The molecule has 2 aromatic carbocycles. The normalized spacial score (nSPS) is 13.9. The number of benzene rings is 2. The topological polar surface area (TPSA) is 37.4 Å². The molecule has 0 N–H and O–H groups in total. The van der Waals surface area contributed by atoms with Crippen LogP contribution in [0.5, 0.6) is 0 Å². The smallest absolute Gasteiger partial charge is 0.164 e. The zero-order valence-electron chi connectivity index (χ0n) is 14.9. The predicted molar refractivity (Wildman–Crippen MR) is 101 cm³/mol. The molecule has 0 heterocycles. The summed E-state index contributed by atoms with van der Waals surface area (Å²) in [5.74, 6) is 0.108. The van der Waals surface area contributed by atoms with Gasteiger partial charge >= 0.3 is 0 Å². The molecule has 0 amide bonds. The van der Waals surface area contributed by atoms with E-state index in [1.54, 1.807) is 6.92 Å². The van der Waals surface area contributed by atoms with E-state index in [0.29, 0.717) is 6.42 Å². The van der Waals surface area contributed by atoms with Crippen LogP contribution in [0.4, 0.5) is 0 Å². The van der Waals surface area contributed by atoms with Gasteiger partial charge in [-0.2, -0.15) is 0 Å². The highest BCUT2D eigenvalue weighted by atomic mass is 32.2. The molecule has 0 aliphatic heterocycles. The summed E-state index contributed by atoms with van der Waals surface area (Å²) in [5.41, 5.74) is 1.68. The van der Waals surface area contributed by atoms with Crippen LogP contribution in [0.3, 0.4) is 0 Å². The fourth-order valence-electron chi connectivity index (χ4n) is 3.15. The van der Waals surface area contributed by atoms with Gasteiger partial charge in [-0.05, 0) is 38.6 Å². The van der Waals surface area contributed by atoms with E-state index >= 15 is 0 Å². The van der Waals surface area contributed by atoms with Gasteiger partial charge in [0.05, 0.1) is 0 Å². The first-order valence-corrected chi connectivity index (χ1v) is 10.00. The molecule has 0 spiro atoms. The number of nitrogens with zero attached hydrogens (tertiary/aromatic N) is 1. The fraction of sp³-hybridized carbons (Fsp3) is 0.400. The Kier molecular flexibility index (Phi) is 5.83. The quantitative estimate of drug-likeness (QED) is 0.768. The van der Waals surface area contributed by atoms with Crippen molar-refractivity contribution < 1.29 is 8.42 Å². The molecule has 1 atom stereocenters. The molecule has 3 nitrogen and oxygen atoms in total. The van der Waals surface area contributed by atoms with E-state index in [2.05, 4.69) is 11.8 Å². The van der Waals surface area contributed by atoms with Crippen LogP contribution in [-0.4, -0.2) is 39.2 Å². The van der Waals surface area contributed by atoms with Crippen LogP contribution < -0.4 is 0 Å². The third-order valence-electron chi connectivity index (χ3n) is 4.86. The minimum atomic E-state index is -3.38. The Morgan fingerprint density at radius 1 is 0.917 bits per heavy atom. The molecule has 2 aromatic rings. The van der Waals surface area contributed by atoms with Crippen molar-refractivity contribution in [1.82, 2.24) is 4.90 Å². The maximum absolute atomic E-state index is 13.4. The lowest BCUT2D eigenvalue weighted by Gasteiger charge is -2.38. The lowest BCUT2D eigenvalue weighted by molar-refractivity contribution is 0.280. The van der Waals surface area contributed by atoms with Gasteiger partial charge in [-0.1, -0.05) is 67.6 Å². The third-order valence-corrected chi connectivity index (χ3v) is 7.32. The van der Waals surface area contributed by atoms with Gasteiger partial charge in [0.1, 0.15) is 4.75 Å². The highest BCUT2D eigenvalue weighted by molar-refractivity contribution is 7.92. The first-order valence-electron chi connectivity index (χ1n) is 8.35. The van der Waals surface area contributed by atoms with Gasteiger partial charge in [-0.3, -0.25) is 0 Å². The maximum Gasteiger partial charge on any atom is 0.164 e. The summed E-state index contributed by atoms with van der Waals surface area (Å²) < 4.78 is 25.7. The third kappa shape index (κ3) is 3.40. The van der Waals surface area contributed by atoms with E-state index in [4.69, 9.17) is 0 Å². The largest absolute Gasteiger partial charge is 0.307 e. The number of hydrogen-bond donors (Lipinski definition) is 0. The van der Waals surface area contributed by atoms with Gasteiger partial charge in [-0.15, -0.1) is 0 Å². The summed E-state index contributed by atoms with van der Waals surface area (Å²) in [7, 11) is 0.597. The summed E-state index contributed by atoms with van der Waals surface area (Å²) in [5, 5.41) is 0. The summed E-state index contributed by atoms with van der Waals surface area (Å²) in [6, 6.07) is 19.4.